The quantitative estimate of drug-likeness (QED) is 0.810. The number of rotatable bonds is 7. The van der Waals surface area contributed by atoms with Gasteiger partial charge in [0.1, 0.15) is 5.75 Å². The smallest absolute Gasteiger partial charge is 0.231 e. The summed E-state index contributed by atoms with van der Waals surface area (Å²) in [4.78, 5) is 14.2. The lowest BCUT2D eigenvalue weighted by Crippen LogP contribution is -2.43. The minimum absolute atomic E-state index is 0.123. The highest BCUT2D eigenvalue weighted by atomic mass is 32.1. The Labute approximate surface area is 153 Å². The van der Waals surface area contributed by atoms with Crippen LogP contribution >= 0.6 is 11.3 Å². The van der Waals surface area contributed by atoms with Gasteiger partial charge in [0.2, 0.25) is 5.91 Å². The van der Waals surface area contributed by atoms with E-state index in [0.29, 0.717) is 6.54 Å². The van der Waals surface area contributed by atoms with Crippen LogP contribution in [0.2, 0.25) is 0 Å². The van der Waals surface area contributed by atoms with E-state index in [1.165, 1.54) is 4.88 Å². The molecule has 0 radical (unpaired) electrons. The van der Waals surface area contributed by atoms with Crippen LogP contribution in [0.3, 0.4) is 0 Å². The standard InChI is InChI=1S/C20H25NO3S/c1-23-16-8-5-7-15(13-16)17(24-2)14-21-19(22)20(10-3-4-11-20)18-9-6-12-25-18/h5-9,12-13,17H,3-4,10-11,14H2,1-2H3,(H,21,22)/t17-/m1/s1. The molecule has 1 amide bonds. The maximum absolute atomic E-state index is 13.1. The first-order valence-corrected chi connectivity index (χ1v) is 9.56. The van der Waals surface area contributed by atoms with E-state index in [9.17, 15) is 4.79 Å². The number of carbonyl (C=O) groups excluding carboxylic acids is 1. The number of carbonyl (C=O) groups is 1. The van der Waals surface area contributed by atoms with Crippen LogP contribution in [0.5, 0.6) is 5.75 Å². The topological polar surface area (TPSA) is 47.6 Å². The number of hydrogen-bond donors (Lipinski definition) is 1. The molecule has 2 aromatic rings. The van der Waals surface area contributed by atoms with Crippen molar-refractivity contribution in [3.63, 3.8) is 0 Å². The molecule has 1 N–H and O–H groups in total. The maximum Gasteiger partial charge on any atom is 0.231 e. The molecule has 0 bridgehead atoms. The second kappa shape index (κ2) is 8.02. The third kappa shape index (κ3) is 3.72. The van der Waals surface area contributed by atoms with Gasteiger partial charge >= 0.3 is 0 Å². The zero-order valence-corrected chi connectivity index (χ0v) is 15.6. The lowest BCUT2D eigenvalue weighted by molar-refractivity contribution is -0.127. The molecule has 1 aromatic heterocycles. The predicted molar refractivity (Wildman–Crippen MR) is 100 cm³/mol. The lowest BCUT2D eigenvalue weighted by atomic mass is 9.83. The fourth-order valence-corrected chi connectivity index (χ4v) is 4.63. The lowest BCUT2D eigenvalue weighted by Gasteiger charge is -2.28. The fraction of sp³-hybridized carbons (Fsp3) is 0.450. The molecular formula is C20H25NO3S. The zero-order chi connectivity index (χ0) is 17.7. The number of benzene rings is 1. The summed E-state index contributed by atoms with van der Waals surface area (Å²) in [6.07, 6.45) is 3.87. The molecule has 0 spiro atoms. The Hall–Kier alpha value is -1.85. The monoisotopic (exact) mass is 359 g/mol. The summed E-state index contributed by atoms with van der Waals surface area (Å²) in [5.74, 6) is 0.911. The molecule has 4 nitrogen and oxygen atoms in total. The summed E-state index contributed by atoms with van der Waals surface area (Å²) in [6.45, 7) is 0.454. The van der Waals surface area contributed by atoms with Gasteiger partial charge < -0.3 is 14.8 Å². The second-order valence-corrected chi connectivity index (χ2v) is 7.43. The van der Waals surface area contributed by atoms with Gasteiger partial charge in [0, 0.05) is 18.5 Å². The highest BCUT2D eigenvalue weighted by molar-refractivity contribution is 7.10. The molecule has 0 aliphatic heterocycles. The molecule has 1 atom stereocenters. The molecule has 1 aromatic carbocycles. The van der Waals surface area contributed by atoms with Crippen LogP contribution in [0.15, 0.2) is 41.8 Å². The third-order valence-electron chi connectivity index (χ3n) is 5.08. The first kappa shape index (κ1) is 18.0. The van der Waals surface area contributed by atoms with Crippen molar-refractivity contribution in [1.82, 2.24) is 5.32 Å². The predicted octanol–water partition coefficient (Wildman–Crippen LogP) is 4.07. The number of amides is 1. The Bertz CT molecular complexity index is 693. The first-order valence-electron chi connectivity index (χ1n) is 8.68. The van der Waals surface area contributed by atoms with Gasteiger partial charge in [-0.2, -0.15) is 0 Å². The first-order chi connectivity index (χ1) is 12.2. The van der Waals surface area contributed by atoms with Gasteiger partial charge in [-0.3, -0.25) is 4.79 Å². The number of nitrogens with one attached hydrogen (secondary N) is 1. The number of methoxy groups -OCH3 is 2. The molecule has 0 saturated heterocycles. The minimum atomic E-state index is -0.360. The summed E-state index contributed by atoms with van der Waals surface area (Å²) in [5.41, 5.74) is 0.639. The van der Waals surface area contributed by atoms with Crippen LogP contribution in [0, 0.1) is 0 Å². The Kier molecular flexibility index (Phi) is 5.76. The Morgan fingerprint density at radius 2 is 2.04 bits per heavy atom. The van der Waals surface area contributed by atoms with E-state index in [1.807, 2.05) is 30.3 Å². The number of thiophene rings is 1. The summed E-state index contributed by atoms with van der Waals surface area (Å²) < 4.78 is 10.9. The van der Waals surface area contributed by atoms with E-state index in [4.69, 9.17) is 9.47 Å². The highest BCUT2D eigenvalue weighted by Gasteiger charge is 2.43. The van der Waals surface area contributed by atoms with Gasteiger partial charge in [0.15, 0.2) is 0 Å². The molecule has 1 fully saturated rings. The summed E-state index contributed by atoms with van der Waals surface area (Å²) in [6, 6.07) is 11.9. The van der Waals surface area contributed by atoms with Crippen molar-refractivity contribution < 1.29 is 14.3 Å². The summed E-state index contributed by atoms with van der Waals surface area (Å²) >= 11 is 1.68. The third-order valence-corrected chi connectivity index (χ3v) is 6.16. The van der Waals surface area contributed by atoms with E-state index in [1.54, 1.807) is 25.6 Å². The second-order valence-electron chi connectivity index (χ2n) is 6.48. The van der Waals surface area contributed by atoms with Crippen LogP contribution in [0.25, 0.3) is 0 Å². The Morgan fingerprint density at radius 1 is 1.24 bits per heavy atom. The molecule has 0 unspecified atom stereocenters. The largest absolute Gasteiger partial charge is 0.497 e. The molecule has 3 rings (SSSR count). The van der Waals surface area contributed by atoms with Crippen molar-refractivity contribution in [2.24, 2.45) is 0 Å². The van der Waals surface area contributed by atoms with Gasteiger partial charge in [-0.1, -0.05) is 31.0 Å². The summed E-state index contributed by atoms with van der Waals surface area (Å²) in [5, 5.41) is 5.20. The van der Waals surface area contributed by atoms with E-state index >= 15 is 0 Å². The van der Waals surface area contributed by atoms with Gasteiger partial charge in [-0.05, 0) is 42.0 Å². The molecule has 5 heteroatoms. The SMILES string of the molecule is COc1cccc([C@@H](CNC(=O)C2(c3cccs3)CCCC2)OC)c1. The Balaban J connectivity index is 1.71. The van der Waals surface area contributed by atoms with Gasteiger partial charge in [-0.25, -0.2) is 0 Å². The minimum Gasteiger partial charge on any atom is -0.497 e. The van der Waals surface area contributed by atoms with Crippen LogP contribution in [0.1, 0.15) is 42.2 Å². The van der Waals surface area contributed by atoms with E-state index in [-0.39, 0.29) is 17.4 Å². The molecule has 1 heterocycles. The maximum atomic E-state index is 13.1. The zero-order valence-electron chi connectivity index (χ0n) is 14.8. The van der Waals surface area contributed by atoms with Gasteiger partial charge in [0.05, 0.1) is 18.6 Å². The van der Waals surface area contributed by atoms with Crippen molar-refractivity contribution in [2.75, 3.05) is 20.8 Å². The van der Waals surface area contributed by atoms with Crippen molar-refractivity contribution in [3.8, 4) is 5.75 Å². The van der Waals surface area contributed by atoms with E-state index in [0.717, 1.165) is 37.0 Å². The number of ether oxygens (including phenoxy) is 2. The fourth-order valence-electron chi connectivity index (χ4n) is 3.65. The molecule has 1 saturated carbocycles. The molecule has 1 aliphatic carbocycles. The van der Waals surface area contributed by atoms with E-state index in [2.05, 4.69) is 16.8 Å². The van der Waals surface area contributed by atoms with Gasteiger partial charge in [0.25, 0.3) is 0 Å². The Morgan fingerprint density at radius 3 is 2.68 bits per heavy atom. The highest BCUT2D eigenvalue weighted by Crippen LogP contribution is 2.43. The molecular weight excluding hydrogens is 334 g/mol. The molecule has 25 heavy (non-hydrogen) atoms. The summed E-state index contributed by atoms with van der Waals surface area (Å²) in [7, 11) is 3.31. The van der Waals surface area contributed by atoms with Crippen LogP contribution in [0.4, 0.5) is 0 Å². The van der Waals surface area contributed by atoms with Crippen molar-refractivity contribution in [1.29, 1.82) is 0 Å². The van der Waals surface area contributed by atoms with E-state index < -0.39 is 0 Å². The van der Waals surface area contributed by atoms with Gasteiger partial charge in [-0.15, -0.1) is 11.3 Å². The van der Waals surface area contributed by atoms with Crippen LogP contribution < -0.4 is 10.1 Å². The van der Waals surface area contributed by atoms with Crippen molar-refractivity contribution in [2.45, 2.75) is 37.2 Å². The molecule has 134 valence electrons. The molecule has 1 aliphatic rings. The van der Waals surface area contributed by atoms with Crippen molar-refractivity contribution >= 4 is 17.2 Å². The van der Waals surface area contributed by atoms with Crippen molar-refractivity contribution in [3.05, 3.63) is 52.2 Å². The normalized spacial score (nSPS) is 17.2. The number of hydrogen-bond acceptors (Lipinski definition) is 4. The average Bonchev–Trinajstić information content (AvgIpc) is 3.34. The van der Waals surface area contributed by atoms with Crippen LogP contribution in [-0.2, 0) is 14.9 Å². The average molecular weight is 359 g/mol. The van der Waals surface area contributed by atoms with Crippen LogP contribution in [-0.4, -0.2) is 26.7 Å².